The second kappa shape index (κ2) is 21.5. The van der Waals surface area contributed by atoms with Crippen LogP contribution in [-0.2, 0) is 17.3 Å². The summed E-state index contributed by atoms with van der Waals surface area (Å²) in [6, 6.07) is 78.2. The molecule has 0 bridgehead atoms. The number of anilines is 5. The van der Waals surface area contributed by atoms with Crippen molar-refractivity contribution in [3.8, 4) is 33.4 Å². The van der Waals surface area contributed by atoms with Crippen LogP contribution in [0.15, 0.2) is 230 Å². The van der Waals surface area contributed by atoms with E-state index in [1.54, 1.807) is 0 Å². The number of hydrogen-bond donors (Lipinski definition) is 1. The zero-order valence-electron chi connectivity index (χ0n) is 47.5. The van der Waals surface area contributed by atoms with Crippen molar-refractivity contribution in [2.45, 2.75) is 116 Å². The van der Waals surface area contributed by atoms with Crippen molar-refractivity contribution in [1.29, 1.82) is 0 Å². The lowest BCUT2D eigenvalue weighted by molar-refractivity contribution is 0.392. The highest BCUT2D eigenvalue weighted by Crippen LogP contribution is 2.66. The molecular weight excluding hydrogens is 965 g/mol. The Morgan fingerprint density at radius 2 is 1.16 bits per heavy atom. The zero-order valence-corrected chi connectivity index (χ0v) is 47.5. The molecule has 2 heteroatoms. The summed E-state index contributed by atoms with van der Waals surface area (Å²) < 4.78 is 0. The fourth-order valence-electron chi connectivity index (χ4n) is 14.5. The molecule has 80 heavy (non-hydrogen) atoms. The van der Waals surface area contributed by atoms with Gasteiger partial charge in [0.05, 0.1) is 11.1 Å². The normalized spacial score (nSPS) is 17.4. The molecule has 13 rings (SSSR count). The van der Waals surface area contributed by atoms with E-state index >= 15 is 0 Å². The molecule has 0 amide bonds. The Bertz CT molecular complexity index is 3890. The molecular formula is C78H74N2. The Morgan fingerprint density at radius 1 is 0.525 bits per heavy atom. The molecule has 1 spiro atoms. The highest BCUT2D eigenvalue weighted by molar-refractivity contribution is 6.00. The summed E-state index contributed by atoms with van der Waals surface area (Å²) in [6.07, 6.45) is 17.7. The number of para-hydroxylation sites is 3. The predicted molar refractivity (Wildman–Crippen MR) is 341 cm³/mol. The van der Waals surface area contributed by atoms with Crippen LogP contribution >= 0.6 is 0 Å². The molecule has 396 valence electrons. The average Bonchev–Trinajstić information content (AvgIpc) is 4.24. The van der Waals surface area contributed by atoms with E-state index in [9.17, 15) is 0 Å². The maximum absolute atomic E-state index is 4.12. The molecule has 0 saturated carbocycles. The van der Waals surface area contributed by atoms with Crippen molar-refractivity contribution < 1.29 is 0 Å². The molecule has 2 atom stereocenters. The molecule has 0 heterocycles. The number of hydrogen-bond acceptors (Lipinski definition) is 2. The van der Waals surface area contributed by atoms with Crippen LogP contribution in [0.2, 0.25) is 0 Å². The van der Waals surface area contributed by atoms with Gasteiger partial charge >= 0.3 is 0 Å². The van der Waals surface area contributed by atoms with E-state index in [1.807, 2.05) is 0 Å². The fraction of sp³-hybridized carbons (Fsp3) is 0.231. The van der Waals surface area contributed by atoms with E-state index in [0.29, 0.717) is 0 Å². The van der Waals surface area contributed by atoms with Crippen LogP contribution in [-0.4, -0.2) is 0 Å². The van der Waals surface area contributed by atoms with Gasteiger partial charge in [-0.05, 0) is 190 Å². The second-order valence-electron chi connectivity index (χ2n) is 23.3. The summed E-state index contributed by atoms with van der Waals surface area (Å²) in [5.74, 6) is 0. The molecule has 2 nitrogen and oxygen atoms in total. The first-order chi connectivity index (χ1) is 39.3. The van der Waals surface area contributed by atoms with Gasteiger partial charge in [-0.1, -0.05) is 228 Å². The first kappa shape index (κ1) is 51.3. The van der Waals surface area contributed by atoms with Crippen LogP contribution in [0.25, 0.3) is 44.5 Å². The first-order valence-electron chi connectivity index (χ1n) is 29.9. The van der Waals surface area contributed by atoms with Crippen molar-refractivity contribution in [3.05, 3.63) is 280 Å². The summed E-state index contributed by atoms with van der Waals surface area (Å²) in [5, 5.41) is 4.12. The molecule has 2 unspecified atom stereocenters. The third-order valence-corrected chi connectivity index (χ3v) is 18.7. The predicted octanol–water partition coefficient (Wildman–Crippen LogP) is 21.8. The quantitative estimate of drug-likeness (QED) is 0.0862. The van der Waals surface area contributed by atoms with Crippen LogP contribution in [0.5, 0.6) is 0 Å². The van der Waals surface area contributed by atoms with Gasteiger partial charge in [0.1, 0.15) is 0 Å². The van der Waals surface area contributed by atoms with Crippen molar-refractivity contribution >= 4 is 39.6 Å². The van der Waals surface area contributed by atoms with E-state index in [1.165, 1.54) is 156 Å². The number of aryl methyl sites for hydroxylation is 1. The number of rotatable bonds is 18. The molecule has 9 aromatic rings. The Morgan fingerprint density at radius 3 is 1.93 bits per heavy atom. The number of nitrogens with zero attached hydrogens (tertiary/aromatic N) is 1. The Balaban J connectivity index is 1.04. The Labute approximate surface area is 476 Å². The molecule has 0 radical (unpaired) electrons. The third kappa shape index (κ3) is 8.53. The molecule has 4 aliphatic carbocycles. The number of fused-ring (bicyclic) bond motifs is 10. The van der Waals surface area contributed by atoms with Gasteiger partial charge in [0.25, 0.3) is 0 Å². The van der Waals surface area contributed by atoms with Crippen LogP contribution in [0.3, 0.4) is 0 Å². The molecule has 4 aliphatic rings. The molecule has 0 aliphatic heterocycles. The minimum atomic E-state index is -0.517. The fourth-order valence-corrected chi connectivity index (χ4v) is 14.5. The summed E-state index contributed by atoms with van der Waals surface area (Å²) >= 11 is 0. The van der Waals surface area contributed by atoms with Gasteiger partial charge in [-0.2, -0.15) is 0 Å². The second-order valence-corrected chi connectivity index (χ2v) is 23.3. The third-order valence-electron chi connectivity index (χ3n) is 18.7. The first-order valence-corrected chi connectivity index (χ1v) is 29.9. The molecule has 0 fully saturated rings. The number of allylic oxidation sites excluding steroid dienone is 6. The van der Waals surface area contributed by atoms with Gasteiger partial charge in [-0.3, -0.25) is 0 Å². The van der Waals surface area contributed by atoms with Crippen LogP contribution < -0.4 is 10.2 Å². The number of benzene rings is 9. The molecule has 0 saturated heterocycles. The topological polar surface area (TPSA) is 15.3 Å². The van der Waals surface area contributed by atoms with Gasteiger partial charge in [-0.25, -0.2) is 0 Å². The van der Waals surface area contributed by atoms with E-state index in [0.717, 1.165) is 48.4 Å². The largest absolute Gasteiger partial charge is 0.355 e. The van der Waals surface area contributed by atoms with Crippen LogP contribution in [0, 0.1) is 6.92 Å². The van der Waals surface area contributed by atoms with Gasteiger partial charge in [-0.15, -0.1) is 0 Å². The number of nitrogens with one attached hydrogen (secondary N) is 1. The SMILES string of the molecule is CCCCCCC1(c2ccc3c(c2)C2(C4=C(C=CC4)c4ccc(N(c5ccccc5)c5ccccc5-c5ccccc5)cc42)c2cc(/C(C)=C(/C)CCCCC)ccc2-3)Cc2c(C)ccc(Nc3ccccc3-c3ccccc3)c21. The number of unbranched alkanes of at least 4 members (excludes halogenated alkanes) is 5. The van der Waals surface area contributed by atoms with Crippen molar-refractivity contribution in [2.75, 3.05) is 10.2 Å². The van der Waals surface area contributed by atoms with Crippen molar-refractivity contribution in [2.24, 2.45) is 0 Å². The van der Waals surface area contributed by atoms with Crippen LogP contribution in [0.4, 0.5) is 28.4 Å². The maximum Gasteiger partial charge on any atom is 0.0692 e. The lowest BCUT2D eigenvalue weighted by Gasteiger charge is -2.48. The summed E-state index contributed by atoms with van der Waals surface area (Å²) in [4.78, 5) is 2.51. The highest BCUT2D eigenvalue weighted by Gasteiger charge is 2.55. The minimum Gasteiger partial charge on any atom is -0.355 e. The summed E-state index contributed by atoms with van der Waals surface area (Å²) in [6.45, 7) is 11.7. The summed E-state index contributed by atoms with van der Waals surface area (Å²) in [5.41, 5.74) is 31.3. The zero-order chi connectivity index (χ0) is 54.4. The minimum absolute atomic E-state index is 0.177. The van der Waals surface area contributed by atoms with Crippen LogP contribution in [0.1, 0.15) is 142 Å². The standard InChI is InChI=1S/C78H74N2/c1-6-8-10-25-48-77(52-68-54(4)40-47-74(76(68)77)79-73-38-23-21-34-62(73)56-28-15-11-16-29-56)59-42-45-66-65-44-41-58(55(5)53(3)27-14-9-7-2)49-70(65)78(71(66)50-59)69-37-26-36-64(69)67-46-43-61(51-72(67)78)80(60-32-19-13-20-33-60)75-39-24-22-35-63(75)57-30-17-12-18-31-57/h11-13,15-24,26,28-36,38-47,49-51,79H,6-10,14,25,27,37,48,52H2,1-5H3/b55-53-. The Kier molecular flexibility index (Phi) is 13.7. The molecule has 0 aromatic heterocycles. The highest BCUT2D eigenvalue weighted by atomic mass is 15.1. The van der Waals surface area contributed by atoms with E-state index in [2.05, 4.69) is 263 Å². The molecule has 1 N–H and O–H groups in total. The maximum atomic E-state index is 4.12. The Hall–Kier alpha value is -8.20. The lowest BCUT2D eigenvalue weighted by atomic mass is 9.56. The van der Waals surface area contributed by atoms with Gasteiger partial charge in [0.15, 0.2) is 0 Å². The smallest absolute Gasteiger partial charge is 0.0692 e. The lowest BCUT2D eigenvalue weighted by Crippen LogP contribution is -2.42. The van der Waals surface area contributed by atoms with Gasteiger partial charge in [0.2, 0.25) is 0 Å². The molecule has 9 aromatic carbocycles. The van der Waals surface area contributed by atoms with Crippen molar-refractivity contribution in [3.63, 3.8) is 0 Å². The summed E-state index contributed by atoms with van der Waals surface area (Å²) in [7, 11) is 0. The van der Waals surface area contributed by atoms with Gasteiger partial charge < -0.3 is 10.2 Å². The van der Waals surface area contributed by atoms with E-state index < -0.39 is 5.41 Å². The monoisotopic (exact) mass is 1040 g/mol. The van der Waals surface area contributed by atoms with Crippen molar-refractivity contribution in [1.82, 2.24) is 0 Å². The van der Waals surface area contributed by atoms with E-state index in [-0.39, 0.29) is 5.41 Å². The average molecular weight is 1040 g/mol. The van der Waals surface area contributed by atoms with E-state index in [4.69, 9.17) is 0 Å². The van der Waals surface area contributed by atoms with Gasteiger partial charge in [0, 0.05) is 39.3 Å².